The molecule has 2 N–H and O–H groups in total. The van der Waals surface area contributed by atoms with Crippen LogP contribution in [0.5, 0.6) is 0 Å². The molecular formula is C16H18ClN3O2S. The monoisotopic (exact) mass is 351 g/mol. The Morgan fingerprint density at radius 3 is 2.74 bits per heavy atom. The molecule has 2 aromatic rings. The van der Waals surface area contributed by atoms with Crippen LogP contribution in [0.3, 0.4) is 0 Å². The Kier molecular flexibility index (Phi) is 6.12. The Morgan fingerprint density at radius 2 is 2.13 bits per heavy atom. The Labute approximate surface area is 144 Å². The maximum Gasteiger partial charge on any atom is 0.270 e. The van der Waals surface area contributed by atoms with E-state index < -0.39 is 5.91 Å². The minimum absolute atomic E-state index is 0.0660. The van der Waals surface area contributed by atoms with Crippen LogP contribution in [0.1, 0.15) is 35.3 Å². The lowest BCUT2D eigenvalue weighted by Gasteiger charge is -2.21. The molecule has 0 unspecified atom stereocenters. The van der Waals surface area contributed by atoms with Crippen LogP contribution in [0.2, 0.25) is 5.02 Å². The van der Waals surface area contributed by atoms with E-state index in [4.69, 9.17) is 11.6 Å². The zero-order chi connectivity index (χ0) is 16.8. The highest BCUT2D eigenvalue weighted by atomic mass is 35.5. The Morgan fingerprint density at radius 1 is 1.35 bits per heavy atom. The molecule has 2 rings (SSSR count). The quantitative estimate of drug-likeness (QED) is 0.840. The van der Waals surface area contributed by atoms with Gasteiger partial charge < -0.3 is 10.6 Å². The number of pyridine rings is 1. The van der Waals surface area contributed by atoms with Gasteiger partial charge in [-0.25, -0.2) is 0 Å². The van der Waals surface area contributed by atoms with Crippen molar-refractivity contribution >= 4 is 34.8 Å². The number of nitrogens with one attached hydrogen (secondary N) is 2. The van der Waals surface area contributed by atoms with Crippen molar-refractivity contribution in [2.45, 2.75) is 19.9 Å². The van der Waals surface area contributed by atoms with E-state index in [-0.39, 0.29) is 30.1 Å². The molecule has 23 heavy (non-hydrogen) atoms. The van der Waals surface area contributed by atoms with E-state index in [1.54, 1.807) is 17.4 Å². The van der Waals surface area contributed by atoms with Crippen LogP contribution in [-0.2, 0) is 4.79 Å². The highest BCUT2D eigenvalue weighted by Crippen LogP contribution is 2.25. The molecule has 0 aromatic carbocycles. The molecule has 1 atom stereocenters. The van der Waals surface area contributed by atoms with E-state index >= 15 is 0 Å². The molecule has 2 aromatic heterocycles. The lowest BCUT2D eigenvalue weighted by Crippen LogP contribution is -2.40. The third-order valence-electron chi connectivity index (χ3n) is 3.20. The van der Waals surface area contributed by atoms with Crippen molar-refractivity contribution in [3.8, 4) is 0 Å². The van der Waals surface area contributed by atoms with Crippen molar-refractivity contribution in [3.05, 3.63) is 51.4 Å². The van der Waals surface area contributed by atoms with Crippen LogP contribution in [0.4, 0.5) is 0 Å². The number of amides is 2. The highest BCUT2D eigenvalue weighted by molar-refractivity contribution is 7.10. The summed E-state index contributed by atoms with van der Waals surface area (Å²) in [4.78, 5) is 29.0. The van der Waals surface area contributed by atoms with Crippen LogP contribution < -0.4 is 10.6 Å². The van der Waals surface area contributed by atoms with Crippen molar-refractivity contribution in [3.63, 3.8) is 0 Å². The smallest absolute Gasteiger partial charge is 0.270 e. The molecular weight excluding hydrogens is 334 g/mol. The van der Waals surface area contributed by atoms with E-state index in [1.807, 2.05) is 31.4 Å². The fourth-order valence-electron chi connectivity index (χ4n) is 2.04. The molecule has 0 fully saturated rings. The van der Waals surface area contributed by atoms with E-state index in [9.17, 15) is 9.59 Å². The van der Waals surface area contributed by atoms with Gasteiger partial charge in [0.15, 0.2) is 0 Å². The zero-order valence-corrected chi connectivity index (χ0v) is 14.4. The van der Waals surface area contributed by atoms with Gasteiger partial charge in [-0.15, -0.1) is 11.3 Å². The topological polar surface area (TPSA) is 71.1 Å². The predicted octanol–water partition coefficient (Wildman–Crippen LogP) is 3.04. The average Bonchev–Trinajstić information content (AvgIpc) is 3.04. The zero-order valence-electron chi connectivity index (χ0n) is 12.9. The standard InChI is InChI=1S/C16H18ClN3O2S/c1-10(2)15(13-4-3-7-23-13)20-14(21)9-19-16(22)12-8-11(17)5-6-18-12/h3-8,10,15H,9H2,1-2H3,(H,19,22)(H,20,21)/t15-/m0/s1. The average molecular weight is 352 g/mol. The van der Waals surface area contributed by atoms with Crippen molar-refractivity contribution in [1.29, 1.82) is 0 Å². The first-order valence-corrected chi connectivity index (χ1v) is 8.45. The van der Waals surface area contributed by atoms with Gasteiger partial charge in [0.1, 0.15) is 5.69 Å². The lowest BCUT2D eigenvalue weighted by atomic mass is 10.0. The summed E-state index contributed by atoms with van der Waals surface area (Å²) in [6.45, 7) is 3.97. The van der Waals surface area contributed by atoms with Gasteiger partial charge in [-0.1, -0.05) is 31.5 Å². The number of thiophene rings is 1. The summed E-state index contributed by atoms with van der Waals surface area (Å²) in [5, 5.41) is 7.89. The largest absolute Gasteiger partial charge is 0.347 e. The van der Waals surface area contributed by atoms with Gasteiger partial charge in [-0.05, 0) is 29.5 Å². The number of halogens is 1. The number of aromatic nitrogens is 1. The third-order valence-corrected chi connectivity index (χ3v) is 4.39. The van der Waals surface area contributed by atoms with Gasteiger partial charge in [-0.2, -0.15) is 0 Å². The summed E-state index contributed by atoms with van der Waals surface area (Å²) in [7, 11) is 0. The van der Waals surface area contributed by atoms with Gasteiger partial charge in [0.2, 0.25) is 5.91 Å². The van der Waals surface area contributed by atoms with Gasteiger partial charge in [0, 0.05) is 16.1 Å². The second kappa shape index (κ2) is 8.08. The van der Waals surface area contributed by atoms with Crippen LogP contribution >= 0.6 is 22.9 Å². The van der Waals surface area contributed by atoms with Crippen molar-refractivity contribution in [1.82, 2.24) is 15.6 Å². The molecule has 0 aliphatic carbocycles. The molecule has 7 heteroatoms. The van der Waals surface area contributed by atoms with E-state index in [0.29, 0.717) is 5.02 Å². The fraction of sp³-hybridized carbons (Fsp3) is 0.312. The molecule has 0 aliphatic heterocycles. The molecule has 122 valence electrons. The number of nitrogens with zero attached hydrogens (tertiary/aromatic N) is 1. The van der Waals surface area contributed by atoms with Crippen molar-refractivity contribution in [2.24, 2.45) is 5.92 Å². The number of hydrogen-bond donors (Lipinski definition) is 2. The first kappa shape index (κ1) is 17.4. The third kappa shape index (κ3) is 5.04. The summed E-state index contributed by atoms with van der Waals surface area (Å²) in [6, 6.07) is 6.92. The van der Waals surface area contributed by atoms with E-state index in [0.717, 1.165) is 4.88 Å². The van der Waals surface area contributed by atoms with Gasteiger partial charge in [0.25, 0.3) is 5.91 Å². The molecule has 0 aliphatic rings. The Hall–Kier alpha value is -1.92. The maximum absolute atomic E-state index is 12.1. The summed E-state index contributed by atoms with van der Waals surface area (Å²) in [5.74, 6) is -0.421. The van der Waals surface area contributed by atoms with Crippen LogP contribution in [-0.4, -0.2) is 23.3 Å². The first-order valence-electron chi connectivity index (χ1n) is 7.20. The Balaban J connectivity index is 1.90. The summed E-state index contributed by atoms with van der Waals surface area (Å²) < 4.78 is 0. The van der Waals surface area contributed by atoms with Crippen molar-refractivity contribution < 1.29 is 9.59 Å². The first-order chi connectivity index (χ1) is 11.0. The normalized spacial score (nSPS) is 12.0. The van der Waals surface area contributed by atoms with Crippen LogP contribution in [0.15, 0.2) is 35.8 Å². The number of hydrogen-bond acceptors (Lipinski definition) is 4. The van der Waals surface area contributed by atoms with Gasteiger partial charge >= 0.3 is 0 Å². The minimum atomic E-state index is -0.431. The second-order valence-electron chi connectivity index (χ2n) is 5.35. The summed E-state index contributed by atoms with van der Waals surface area (Å²) in [5.41, 5.74) is 0.184. The molecule has 0 saturated heterocycles. The van der Waals surface area contributed by atoms with Gasteiger partial charge in [0.05, 0.1) is 12.6 Å². The molecule has 0 bridgehead atoms. The van der Waals surface area contributed by atoms with E-state index in [2.05, 4.69) is 15.6 Å². The summed E-state index contributed by atoms with van der Waals surface area (Å²) >= 11 is 7.41. The molecule has 0 radical (unpaired) electrons. The molecule has 0 spiro atoms. The van der Waals surface area contributed by atoms with Gasteiger partial charge in [-0.3, -0.25) is 14.6 Å². The number of carbonyl (C=O) groups is 2. The number of carbonyl (C=O) groups excluding carboxylic acids is 2. The van der Waals surface area contributed by atoms with E-state index in [1.165, 1.54) is 12.3 Å². The number of rotatable bonds is 6. The predicted molar refractivity (Wildman–Crippen MR) is 91.6 cm³/mol. The Bertz CT molecular complexity index is 674. The fourth-order valence-corrected chi connectivity index (χ4v) is 3.15. The van der Waals surface area contributed by atoms with Crippen LogP contribution in [0, 0.1) is 5.92 Å². The molecule has 0 saturated carbocycles. The second-order valence-corrected chi connectivity index (χ2v) is 6.76. The molecule has 2 amide bonds. The van der Waals surface area contributed by atoms with Crippen LogP contribution in [0.25, 0.3) is 0 Å². The minimum Gasteiger partial charge on any atom is -0.347 e. The molecule has 5 nitrogen and oxygen atoms in total. The molecule has 2 heterocycles. The summed E-state index contributed by atoms with van der Waals surface area (Å²) in [6.07, 6.45) is 1.45. The SMILES string of the molecule is CC(C)[C@H](NC(=O)CNC(=O)c1cc(Cl)ccn1)c1cccs1. The lowest BCUT2D eigenvalue weighted by molar-refractivity contribution is -0.121. The highest BCUT2D eigenvalue weighted by Gasteiger charge is 2.19. The van der Waals surface area contributed by atoms with Crippen molar-refractivity contribution in [2.75, 3.05) is 6.54 Å². The maximum atomic E-state index is 12.1.